The van der Waals surface area contributed by atoms with Gasteiger partial charge in [0.2, 0.25) is 0 Å². The van der Waals surface area contributed by atoms with Crippen LogP contribution in [0.2, 0.25) is 0 Å². The van der Waals surface area contributed by atoms with E-state index in [1.165, 1.54) is 0 Å². The van der Waals surface area contributed by atoms with Gasteiger partial charge >= 0.3 is 7.60 Å². The van der Waals surface area contributed by atoms with Crippen molar-refractivity contribution >= 4 is 13.9 Å². The molecule has 0 aliphatic carbocycles. The highest BCUT2D eigenvalue weighted by atomic mass is 31.2. The maximum Gasteiger partial charge on any atom is 0.338 e. The van der Waals surface area contributed by atoms with E-state index in [0.717, 1.165) is 31.1 Å². The van der Waals surface area contributed by atoms with Gasteiger partial charge in [-0.3, -0.25) is 4.57 Å². The van der Waals surface area contributed by atoms with Crippen molar-refractivity contribution in [1.82, 2.24) is 0 Å². The molecule has 0 radical (unpaired) electrons. The summed E-state index contributed by atoms with van der Waals surface area (Å²) in [6.45, 7) is 6.29. The number of rotatable bonds is 12. The predicted molar refractivity (Wildman–Crippen MR) is 93.7 cm³/mol. The van der Waals surface area contributed by atoms with Crippen LogP contribution in [0, 0.1) is 5.92 Å². The van der Waals surface area contributed by atoms with Crippen molar-refractivity contribution in [3.8, 4) is 0 Å². The van der Waals surface area contributed by atoms with Crippen LogP contribution in [0.5, 0.6) is 0 Å². The van der Waals surface area contributed by atoms with E-state index in [1.807, 2.05) is 30.3 Å². The van der Waals surface area contributed by atoms with E-state index in [-0.39, 0.29) is 5.92 Å². The average Bonchev–Trinajstić information content (AvgIpc) is 2.55. The summed E-state index contributed by atoms with van der Waals surface area (Å²) in [5.74, 6) is -0.368. The summed E-state index contributed by atoms with van der Waals surface area (Å²) in [6.07, 6.45) is 4.68. The SMILES string of the molecule is CCCCCC(C=O)C(c1ccccc1)P(=O)(OCC)OCC. The molecule has 0 fully saturated rings. The largest absolute Gasteiger partial charge is 0.338 e. The summed E-state index contributed by atoms with van der Waals surface area (Å²) in [5.41, 5.74) is 0.296. The molecule has 4 nitrogen and oxygen atoms in total. The fourth-order valence-corrected chi connectivity index (χ4v) is 5.14. The summed E-state index contributed by atoms with van der Waals surface area (Å²) in [6, 6.07) is 9.47. The fraction of sp³-hybridized carbons (Fsp3) is 0.611. The Labute approximate surface area is 140 Å². The van der Waals surface area contributed by atoms with E-state index in [9.17, 15) is 9.36 Å². The van der Waals surface area contributed by atoms with Gasteiger partial charge in [0.15, 0.2) is 0 Å². The molecular weight excluding hydrogens is 311 g/mol. The molecule has 1 rings (SSSR count). The molecule has 0 aliphatic heterocycles. The molecule has 2 atom stereocenters. The molecule has 23 heavy (non-hydrogen) atoms. The molecule has 5 heteroatoms. The van der Waals surface area contributed by atoms with E-state index >= 15 is 0 Å². The topological polar surface area (TPSA) is 52.6 Å². The molecule has 0 N–H and O–H groups in total. The summed E-state index contributed by atoms with van der Waals surface area (Å²) in [5, 5.41) is 0. The quantitative estimate of drug-likeness (QED) is 0.291. The van der Waals surface area contributed by atoms with Crippen molar-refractivity contribution in [2.24, 2.45) is 5.92 Å². The number of aldehydes is 1. The first-order valence-electron chi connectivity index (χ1n) is 8.51. The third-order valence-electron chi connectivity index (χ3n) is 3.82. The van der Waals surface area contributed by atoms with Gasteiger partial charge < -0.3 is 13.8 Å². The third kappa shape index (κ3) is 5.87. The molecule has 0 bridgehead atoms. The maximum atomic E-state index is 13.3. The average molecular weight is 340 g/mol. The first-order chi connectivity index (χ1) is 11.1. The monoisotopic (exact) mass is 340 g/mol. The van der Waals surface area contributed by atoms with Crippen molar-refractivity contribution in [1.29, 1.82) is 0 Å². The van der Waals surface area contributed by atoms with Crippen LogP contribution in [-0.2, 0) is 18.4 Å². The smallest absolute Gasteiger partial charge is 0.308 e. The molecule has 0 amide bonds. The minimum atomic E-state index is -3.40. The highest BCUT2D eigenvalue weighted by molar-refractivity contribution is 7.54. The molecule has 0 spiro atoms. The second-order valence-electron chi connectivity index (χ2n) is 5.53. The molecule has 1 aromatic carbocycles. The number of hydrogen-bond acceptors (Lipinski definition) is 4. The third-order valence-corrected chi connectivity index (χ3v) is 6.42. The zero-order valence-corrected chi connectivity index (χ0v) is 15.3. The van der Waals surface area contributed by atoms with Gasteiger partial charge in [0.25, 0.3) is 0 Å². The second-order valence-corrected chi connectivity index (χ2v) is 7.68. The molecule has 0 saturated heterocycles. The van der Waals surface area contributed by atoms with Gasteiger partial charge in [0.05, 0.1) is 18.9 Å². The van der Waals surface area contributed by atoms with Crippen LogP contribution >= 0.6 is 7.60 Å². The van der Waals surface area contributed by atoms with Crippen molar-refractivity contribution in [3.05, 3.63) is 35.9 Å². The van der Waals surface area contributed by atoms with Gasteiger partial charge in [-0.15, -0.1) is 0 Å². The van der Waals surface area contributed by atoms with Crippen molar-refractivity contribution < 1.29 is 18.4 Å². The minimum absolute atomic E-state index is 0.293. The Balaban J connectivity index is 3.18. The zero-order chi connectivity index (χ0) is 17.1. The van der Waals surface area contributed by atoms with Gasteiger partial charge in [-0.25, -0.2) is 0 Å². The van der Waals surface area contributed by atoms with E-state index in [0.29, 0.717) is 19.6 Å². The van der Waals surface area contributed by atoms with Gasteiger partial charge in [-0.1, -0.05) is 56.5 Å². The van der Waals surface area contributed by atoms with Crippen molar-refractivity contribution in [2.75, 3.05) is 13.2 Å². The lowest BCUT2D eigenvalue weighted by molar-refractivity contribution is -0.111. The number of hydrogen-bond donors (Lipinski definition) is 0. The van der Waals surface area contributed by atoms with Gasteiger partial charge in [0, 0.05) is 5.92 Å². The normalized spacial score (nSPS) is 14.4. The second kappa shape index (κ2) is 10.7. The summed E-state index contributed by atoms with van der Waals surface area (Å²) in [7, 11) is -3.40. The Bertz CT molecular complexity index is 479. The predicted octanol–water partition coefficient (Wildman–Crippen LogP) is 5.39. The first-order valence-corrected chi connectivity index (χ1v) is 10.1. The number of benzene rings is 1. The van der Waals surface area contributed by atoms with Gasteiger partial charge in [0.1, 0.15) is 6.29 Å². The van der Waals surface area contributed by atoms with Crippen LogP contribution < -0.4 is 0 Å². The summed E-state index contributed by atoms with van der Waals surface area (Å²) in [4.78, 5) is 11.7. The number of carbonyl (C=O) groups excluding carboxylic acids is 1. The molecular formula is C18H29O4P. The molecule has 0 aliphatic rings. The standard InChI is InChI=1S/C18H29O4P/c1-4-7-9-14-17(15-19)18(16-12-10-8-11-13-16)23(20,21-5-2)22-6-3/h8,10-13,15,17-18H,4-7,9,14H2,1-3H3. The molecule has 1 aromatic rings. The molecule has 0 aromatic heterocycles. The summed E-state index contributed by atoms with van der Waals surface area (Å²) >= 11 is 0. The lowest BCUT2D eigenvalue weighted by Gasteiger charge is -2.30. The van der Waals surface area contributed by atoms with Crippen LogP contribution in [0.25, 0.3) is 0 Å². The molecule has 0 saturated carbocycles. The van der Waals surface area contributed by atoms with Crippen LogP contribution in [0.15, 0.2) is 30.3 Å². The number of carbonyl (C=O) groups is 1. The van der Waals surface area contributed by atoms with Crippen LogP contribution in [0.3, 0.4) is 0 Å². The lowest BCUT2D eigenvalue weighted by atomic mass is 9.94. The van der Waals surface area contributed by atoms with E-state index in [1.54, 1.807) is 13.8 Å². The Kier molecular flexibility index (Phi) is 9.39. The van der Waals surface area contributed by atoms with Crippen molar-refractivity contribution in [3.63, 3.8) is 0 Å². The van der Waals surface area contributed by atoms with Crippen LogP contribution in [-0.4, -0.2) is 19.5 Å². The van der Waals surface area contributed by atoms with Crippen molar-refractivity contribution in [2.45, 2.75) is 52.1 Å². The highest BCUT2D eigenvalue weighted by Gasteiger charge is 2.41. The maximum absolute atomic E-state index is 13.3. The van der Waals surface area contributed by atoms with E-state index in [4.69, 9.17) is 9.05 Å². The van der Waals surface area contributed by atoms with Crippen LogP contribution in [0.1, 0.15) is 57.7 Å². The highest BCUT2D eigenvalue weighted by Crippen LogP contribution is 2.64. The summed E-state index contributed by atoms with van der Waals surface area (Å²) < 4.78 is 24.4. The Morgan fingerprint density at radius 2 is 1.65 bits per heavy atom. The van der Waals surface area contributed by atoms with Crippen LogP contribution in [0.4, 0.5) is 0 Å². The zero-order valence-electron chi connectivity index (χ0n) is 14.4. The molecule has 130 valence electrons. The minimum Gasteiger partial charge on any atom is -0.308 e. The lowest BCUT2D eigenvalue weighted by Crippen LogP contribution is -2.18. The Morgan fingerprint density at radius 3 is 2.13 bits per heavy atom. The van der Waals surface area contributed by atoms with E-state index in [2.05, 4.69) is 6.92 Å². The van der Waals surface area contributed by atoms with Gasteiger partial charge in [-0.05, 0) is 25.8 Å². The first kappa shape index (κ1) is 20.1. The van der Waals surface area contributed by atoms with E-state index < -0.39 is 13.3 Å². The molecule has 0 heterocycles. The van der Waals surface area contributed by atoms with Gasteiger partial charge in [-0.2, -0.15) is 0 Å². The molecule has 2 unspecified atom stereocenters. The Hall–Kier alpha value is -0.960. The fourth-order valence-electron chi connectivity index (χ4n) is 2.80. The Morgan fingerprint density at radius 1 is 1.04 bits per heavy atom. The number of unbranched alkanes of at least 4 members (excludes halogenated alkanes) is 2.